The van der Waals surface area contributed by atoms with Gasteiger partial charge < -0.3 is 20.4 Å². The number of rotatable bonds is 4. The molecule has 1 aliphatic carbocycles. The molecule has 3 aliphatic rings. The highest BCUT2D eigenvalue weighted by molar-refractivity contribution is 5.82. The number of anilines is 1. The summed E-state index contributed by atoms with van der Waals surface area (Å²) in [7, 11) is 2.16. The second-order valence-corrected chi connectivity index (χ2v) is 8.14. The third kappa shape index (κ3) is 4.01. The zero-order valence-electron chi connectivity index (χ0n) is 15.8. The number of hydrogen-bond acceptors (Lipinski definition) is 5. The molecule has 1 amide bonds. The van der Waals surface area contributed by atoms with Crippen molar-refractivity contribution in [2.75, 3.05) is 38.1 Å². The first-order chi connectivity index (χ1) is 12.7. The number of nitrogens with zero attached hydrogens (tertiary/aromatic N) is 3. The van der Waals surface area contributed by atoms with Crippen LogP contribution in [0.3, 0.4) is 0 Å². The van der Waals surface area contributed by atoms with Crippen LogP contribution in [-0.4, -0.2) is 61.1 Å². The Bertz CT molecular complexity index is 597. The van der Waals surface area contributed by atoms with Crippen LogP contribution in [0, 0.1) is 5.92 Å². The number of piperazine rings is 1. The number of carbonyl (C=O) groups excluding carboxylic acids is 1. The molecule has 3 atom stereocenters. The van der Waals surface area contributed by atoms with Gasteiger partial charge in [-0.1, -0.05) is 18.9 Å². The highest BCUT2D eigenvalue weighted by Gasteiger charge is 2.37. The maximum atomic E-state index is 12.5. The minimum absolute atomic E-state index is 0.0133. The zero-order chi connectivity index (χ0) is 17.9. The highest BCUT2D eigenvalue weighted by atomic mass is 16.2. The molecule has 0 radical (unpaired) electrons. The van der Waals surface area contributed by atoms with Gasteiger partial charge in [-0.3, -0.25) is 4.79 Å². The second kappa shape index (κ2) is 7.92. The molecule has 26 heavy (non-hydrogen) atoms. The van der Waals surface area contributed by atoms with Gasteiger partial charge in [0, 0.05) is 45.0 Å². The number of likely N-dealkylation sites (N-methyl/N-ethyl adjacent to an activating group) is 1. The van der Waals surface area contributed by atoms with Crippen LogP contribution in [0.15, 0.2) is 18.3 Å². The number of hydrogen-bond donors (Lipinski definition) is 2. The van der Waals surface area contributed by atoms with Gasteiger partial charge in [-0.25, -0.2) is 4.98 Å². The summed E-state index contributed by atoms with van der Waals surface area (Å²) in [4.78, 5) is 21.8. The molecule has 2 N–H and O–H groups in total. The molecule has 2 aliphatic heterocycles. The molecule has 3 unspecified atom stereocenters. The molecule has 3 fully saturated rings. The average Bonchev–Trinajstić information content (AvgIpc) is 3.11. The lowest BCUT2D eigenvalue weighted by Gasteiger charge is -2.33. The quantitative estimate of drug-likeness (QED) is 0.852. The van der Waals surface area contributed by atoms with Crippen molar-refractivity contribution in [1.82, 2.24) is 20.5 Å². The number of amides is 1. The van der Waals surface area contributed by atoms with Gasteiger partial charge in [-0.15, -0.1) is 0 Å². The van der Waals surface area contributed by atoms with E-state index in [1.165, 1.54) is 25.7 Å². The van der Waals surface area contributed by atoms with E-state index in [4.69, 9.17) is 0 Å². The molecule has 4 rings (SSSR count). The highest BCUT2D eigenvalue weighted by Crippen LogP contribution is 2.33. The van der Waals surface area contributed by atoms with Crippen molar-refractivity contribution in [2.45, 2.75) is 50.7 Å². The standard InChI is InChI=1S/C20H31N5O/c1-24-8-10-25(11-9-24)19-7-6-15(13-21-19)14-22-20(26)18-12-16-4-2-3-5-17(16)23-18/h6-7,13,16-18,23H,2-5,8-12,14H2,1H3,(H,22,26). The van der Waals surface area contributed by atoms with Crippen LogP contribution in [0.25, 0.3) is 0 Å². The Hall–Kier alpha value is -1.66. The molecule has 6 heteroatoms. The molecular formula is C20H31N5O. The van der Waals surface area contributed by atoms with Crippen LogP contribution in [0.5, 0.6) is 0 Å². The molecular weight excluding hydrogens is 326 g/mol. The summed E-state index contributed by atoms with van der Waals surface area (Å²) < 4.78 is 0. The average molecular weight is 358 g/mol. The fourth-order valence-corrected chi connectivity index (χ4v) is 4.58. The minimum atomic E-state index is -0.0133. The van der Waals surface area contributed by atoms with Gasteiger partial charge in [0.25, 0.3) is 0 Å². The lowest BCUT2D eigenvalue weighted by Crippen LogP contribution is -2.44. The third-order valence-corrected chi connectivity index (χ3v) is 6.28. The molecule has 0 spiro atoms. The van der Waals surface area contributed by atoms with Crippen molar-refractivity contribution in [3.8, 4) is 0 Å². The van der Waals surface area contributed by atoms with Gasteiger partial charge in [-0.05, 0) is 43.9 Å². The van der Waals surface area contributed by atoms with E-state index in [-0.39, 0.29) is 11.9 Å². The Balaban J connectivity index is 1.26. The van der Waals surface area contributed by atoms with Gasteiger partial charge in [0.05, 0.1) is 6.04 Å². The van der Waals surface area contributed by atoms with E-state index in [0.29, 0.717) is 18.5 Å². The summed E-state index contributed by atoms with van der Waals surface area (Å²) >= 11 is 0. The van der Waals surface area contributed by atoms with E-state index in [0.717, 1.165) is 44.0 Å². The molecule has 142 valence electrons. The molecule has 0 bridgehead atoms. The van der Waals surface area contributed by atoms with Crippen molar-refractivity contribution in [3.63, 3.8) is 0 Å². The van der Waals surface area contributed by atoms with Crippen LogP contribution in [-0.2, 0) is 11.3 Å². The molecule has 1 aromatic rings. The van der Waals surface area contributed by atoms with Gasteiger partial charge >= 0.3 is 0 Å². The summed E-state index contributed by atoms with van der Waals surface area (Å²) in [5, 5.41) is 6.64. The fourth-order valence-electron chi connectivity index (χ4n) is 4.58. The third-order valence-electron chi connectivity index (χ3n) is 6.28. The summed E-state index contributed by atoms with van der Waals surface area (Å²) in [5.41, 5.74) is 1.06. The number of fused-ring (bicyclic) bond motifs is 1. The van der Waals surface area contributed by atoms with Crippen molar-refractivity contribution < 1.29 is 4.79 Å². The van der Waals surface area contributed by atoms with Gasteiger partial charge in [-0.2, -0.15) is 0 Å². The summed E-state index contributed by atoms with van der Waals surface area (Å²) in [5.74, 6) is 1.88. The summed E-state index contributed by atoms with van der Waals surface area (Å²) in [6.45, 7) is 4.76. The number of pyridine rings is 1. The monoisotopic (exact) mass is 357 g/mol. The van der Waals surface area contributed by atoms with Crippen LogP contribution >= 0.6 is 0 Å². The number of aromatic nitrogens is 1. The van der Waals surface area contributed by atoms with E-state index >= 15 is 0 Å². The van der Waals surface area contributed by atoms with Crippen LogP contribution < -0.4 is 15.5 Å². The first-order valence-corrected chi connectivity index (χ1v) is 10.1. The van der Waals surface area contributed by atoms with E-state index in [2.05, 4.69) is 44.6 Å². The van der Waals surface area contributed by atoms with Crippen LogP contribution in [0.4, 0.5) is 5.82 Å². The molecule has 2 saturated heterocycles. The molecule has 3 heterocycles. The smallest absolute Gasteiger partial charge is 0.237 e. The molecule has 1 aromatic heterocycles. The largest absolute Gasteiger partial charge is 0.354 e. The van der Waals surface area contributed by atoms with E-state index in [9.17, 15) is 4.79 Å². The van der Waals surface area contributed by atoms with Gasteiger partial charge in [0.1, 0.15) is 5.82 Å². The maximum Gasteiger partial charge on any atom is 0.237 e. The molecule has 0 aromatic carbocycles. The Morgan fingerprint density at radius 1 is 1.23 bits per heavy atom. The van der Waals surface area contributed by atoms with E-state index in [1.54, 1.807) is 0 Å². The predicted octanol–water partition coefficient (Wildman–Crippen LogP) is 1.37. The minimum Gasteiger partial charge on any atom is -0.354 e. The summed E-state index contributed by atoms with van der Waals surface area (Å²) in [6.07, 6.45) is 8.02. The SMILES string of the molecule is CN1CCN(c2ccc(CNC(=O)C3CC4CCCCC4N3)cn2)CC1. The van der Waals surface area contributed by atoms with Crippen molar-refractivity contribution in [2.24, 2.45) is 5.92 Å². The fraction of sp³-hybridized carbons (Fsp3) is 0.700. The number of nitrogens with one attached hydrogen (secondary N) is 2. The van der Waals surface area contributed by atoms with Crippen LogP contribution in [0.2, 0.25) is 0 Å². The zero-order valence-corrected chi connectivity index (χ0v) is 15.8. The van der Waals surface area contributed by atoms with Crippen molar-refractivity contribution >= 4 is 11.7 Å². The topological polar surface area (TPSA) is 60.5 Å². The van der Waals surface area contributed by atoms with Crippen LogP contribution in [0.1, 0.15) is 37.7 Å². The Labute approximate surface area is 156 Å². The summed E-state index contributed by atoms with van der Waals surface area (Å²) in [6, 6.07) is 4.71. The molecule has 6 nitrogen and oxygen atoms in total. The number of carbonyl (C=O) groups is 1. The normalized spacial score (nSPS) is 29.4. The Kier molecular flexibility index (Phi) is 5.41. The van der Waals surface area contributed by atoms with Crippen molar-refractivity contribution in [3.05, 3.63) is 23.9 Å². The first kappa shape index (κ1) is 17.7. The van der Waals surface area contributed by atoms with Crippen molar-refractivity contribution in [1.29, 1.82) is 0 Å². The first-order valence-electron chi connectivity index (χ1n) is 10.1. The lowest BCUT2D eigenvalue weighted by atomic mass is 9.85. The Morgan fingerprint density at radius 3 is 2.77 bits per heavy atom. The maximum absolute atomic E-state index is 12.5. The predicted molar refractivity (Wildman–Crippen MR) is 103 cm³/mol. The Morgan fingerprint density at radius 2 is 2.04 bits per heavy atom. The molecule has 1 saturated carbocycles. The van der Waals surface area contributed by atoms with Gasteiger partial charge in [0.2, 0.25) is 5.91 Å². The van der Waals surface area contributed by atoms with E-state index in [1.807, 2.05) is 6.20 Å². The van der Waals surface area contributed by atoms with Gasteiger partial charge in [0.15, 0.2) is 0 Å². The van der Waals surface area contributed by atoms with E-state index < -0.39 is 0 Å². The second-order valence-electron chi connectivity index (χ2n) is 8.14. The lowest BCUT2D eigenvalue weighted by molar-refractivity contribution is -0.123.